The summed E-state index contributed by atoms with van der Waals surface area (Å²) < 4.78 is 0. The summed E-state index contributed by atoms with van der Waals surface area (Å²) in [7, 11) is 0. The predicted octanol–water partition coefficient (Wildman–Crippen LogP) is 5.27. The lowest BCUT2D eigenvalue weighted by atomic mass is 10.00. The second-order valence-electron chi connectivity index (χ2n) is 8.90. The Kier molecular flexibility index (Phi) is 8.04. The summed E-state index contributed by atoms with van der Waals surface area (Å²) in [5.74, 6) is 0.247. The Balaban J connectivity index is 1.78. The largest absolute Gasteiger partial charge is 0.354 e. The Morgan fingerprint density at radius 1 is 0.875 bits per heavy atom. The highest BCUT2D eigenvalue weighted by Crippen LogP contribution is 2.21. The van der Waals surface area contributed by atoms with Gasteiger partial charge in [0.05, 0.1) is 0 Å². The molecule has 0 aliphatic carbocycles. The van der Waals surface area contributed by atoms with Crippen LogP contribution >= 0.6 is 0 Å². The third-order valence-corrected chi connectivity index (χ3v) is 5.94. The standard InChI is InChI=1S/C28H34N2O2/c1-20(2)18-29-28(32)22(4)30(19-25-12-6-5-10-21(25)3)27(31)17-16-24-14-9-13-23-11-7-8-15-26(23)24/h5-15,20,22H,16-19H2,1-4H3,(H,29,32)/t22-/m0/s1. The zero-order valence-corrected chi connectivity index (χ0v) is 19.6. The number of hydrogen-bond acceptors (Lipinski definition) is 2. The molecule has 3 aromatic rings. The Morgan fingerprint density at radius 2 is 1.53 bits per heavy atom. The van der Waals surface area contributed by atoms with Crippen molar-refractivity contribution in [2.45, 2.75) is 53.1 Å². The van der Waals surface area contributed by atoms with Gasteiger partial charge in [-0.25, -0.2) is 0 Å². The molecule has 4 nitrogen and oxygen atoms in total. The third-order valence-electron chi connectivity index (χ3n) is 5.94. The minimum absolute atomic E-state index is 0.00613. The fourth-order valence-corrected chi connectivity index (χ4v) is 3.90. The highest BCUT2D eigenvalue weighted by atomic mass is 16.2. The van der Waals surface area contributed by atoms with Gasteiger partial charge < -0.3 is 10.2 Å². The molecule has 2 amide bonds. The van der Waals surface area contributed by atoms with Gasteiger partial charge in [0.25, 0.3) is 0 Å². The van der Waals surface area contributed by atoms with Gasteiger partial charge in [-0.15, -0.1) is 0 Å². The second-order valence-corrected chi connectivity index (χ2v) is 8.90. The molecule has 0 aliphatic rings. The smallest absolute Gasteiger partial charge is 0.242 e. The number of aryl methyl sites for hydroxylation is 2. The van der Waals surface area contributed by atoms with Crippen LogP contribution in [-0.2, 0) is 22.6 Å². The zero-order valence-electron chi connectivity index (χ0n) is 19.6. The molecule has 0 aliphatic heterocycles. The van der Waals surface area contributed by atoms with Crippen molar-refractivity contribution >= 4 is 22.6 Å². The number of nitrogens with zero attached hydrogens (tertiary/aromatic N) is 1. The Hall–Kier alpha value is -3.14. The number of rotatable bonds is 9. The van der Waals surface area contributed by atoms with E-state index in [4.69, 9.17) is 0 Å². The minimum atomic E-state index is -0.534. The first-order chi connectivity index (χ1) is 15.4. The monoisotopic (exact) mass is 430 g/mol. The van der Waals surface area contributed by atoms with Crippen molar-refractivity contribution in [1.29, 1.82) is 0 Å². The molecular formula is C28H34N2O2. The molecule has 4 heteroatoms. The van der Waals surface area contributed by atoms with E-state index in [0.717, 1.165) is 16.7 Å². The highest BCUT2D eigenvalue weighted by Gasteiger charge is 2.26. The molecule has 0 spiro atoms. The Bertz CT molecular complexity index is 1070. The van der Waals surface area contributed by atoms with Gasteiger partial charge >= 0.3 is 0 Å². The van der Waals surface area contributed by atoms with Gasteiger partial charge in [0.15, 0.2) is 0 Å². The molecule has 0 bridgehead atoms. The lowest BCUT2D eigenvalue weighted by Gasteiger charge is -2.29. The zero-order chi connectivity index (χ0) is 23.1. The van der Waals surface area contributed by atoms with Crippen LogP contribution in [-0.4, -0.2) is 29.3 Å². The molecule has 1 N–H and O–H groups in total. The van der Waals surface area contributed by atoms with E-state index in [0.29, 0.717) is 31.8 Å². The van der Waals surface area contributed by atoms with Gasteiger partial charge in [0.2, 0.25) is 11.8 Å². The molecule has 3 rings (SSSR count). The molecule has 1 atom stereocenters. The van der Waals surface area contributed by atoms with Crippen LogP contribution < -0.4 is 5.32 Å². The van der Waals surface area contributed by atoms with E-state index in [9.17, 15) is 9.59 Å². The van der Waals surface area contributed by atoms with Crippen LogP contribution in [0.2, 0.25) is 0 Å². The maximum atomic E-state index is 13.4. The number of nitrogens with one attached hydrogen (secondary N) is 1. The van der Waals surface area contributed by atoms with Crippen LogP contribution in [0.25, 0.3) is 10.8 Å². The molecule has 168 valence electrons. The first kappa shape index (κ1) is 23.5. The molecule has 0 aromatic heterocycles. The van der Waals surface area contributed by atoms with Crippen LogP contribution in [0.5, 0.6) is 0 Å². The van der Waals surface area contributed by atoms with E-state index in [-0.39, 0.29) is 11.8 Å². The Morgan fingerprint density at radius 3 is 2.28 bits per heavy atom. The van der Waals surface area contributed by atoms with Crippen molar-refractivity contribution in [2.24, 2.45) is 5.92 Å². The highest BCUT2D eigenvalue weighted by molar-refractivity contribution is 5.89. The fourth-order valence-electron chi connectivity index (χ4n) is 3.90. The molecule has 0 saturated heterocycles. The lowest BCUT2D eigenvalue weighted by molar-refractivity contribution is -0.140. The van der Waals surface area contributed by atoms with Crippen molar-refractivity contribution in [1.82, 2.24) is 10.2 Å². The first-order valence-corrected chi connectivity index (χ1v) is 11.4. The summed E-state index contributed by atoms with van der Waals surface area (Å²) in [4.78, 5) is 27.9. The fraction of sp³-hybridized carbons (Fsp3) is 0.357. The average Bonchev–Trinajstić information content (AvgIpc) is 2.80. The normalized spacial score (nSPS) is 12.0. The van der Waals surface area contributed by atoms with Crippen LogP contribution in [0.15, 0.2) is 66.7 Å². The summed E-state index contributed by atoms with van der Waals surface area (Å²) in [6, 6.07) is 22.0. The summed E-state index contributed by atoms with van der Waals surface area (Å²) in [5, 5.41) is 5.34. The van der Waals surface area contributed by atoms with Crippen LogP contribution in [0.3, 0.4) is 0 Å². The van der Waals surface area contributed by atoms with Crippen molar-refractivity contribution in [3.05, 3.63) is 83.4 Å². The number of carbonyl (C=O) groups is 2. The maximum Gasteiger partial charge on any atom is 0.242 e. The van der Waals surface area contributed by atoms with E-state index in [1.165, 1.54) is 10.8 Å². The SMILES string of the molecule is Cc1ccccc1CN(C(=O)CCc1cccc2ccccc12)[C@@H](C)C(=O)NCC(C)C. The molecule has 0 fully saturated rings. The van der Waals surface area contributed by atoms with Crippen LogP contribution in [0.4, 0.5) is 0 Å². The quantitative estimate of drug-likeness (QED) is 0.503. The molecule has 3 aromatic carbocycles. The van der Waals surface area contributed by atoms with Gasteiger partial charge in [0.1, 0.15) is 6.04 Å². The number of fused-ring (bicyclic) bond motifs is 1. The van der Waals surface area contributed by atoms with E-state index in [1.54, 1.807) is 4.90 Å². The van der Waals surface area contributed by atoms with E-state index < -0.39 is 6.04 Å². The molecule has 0 heterocycles. The van der Waals surface area contributed by atoms with Crippen molar-refractivity contribution < 1.29 is 9.59 Å². The topological polar surface area (TPSA) is 49.4 Å². The molecule has 0 saturated carbocycles. The van der Waals surface area contributed by atoms with Crippen LogP contribution in [0, 0.1) is 12.8 Å². The summed E-state index contributed by atoms with van der Waals surface area (Å²) in [5.41, 5.74) is 3.34. The number of benzene rings is 3. The molecule has 0 radical (unpaired) electrons. The van der Waals surface area contributed by atoms with Crippen LogP contribution in [0.1, 0.15) is 43.9 Å². The van der Waals surface area contributed by atoms with Gasteiger partial charge in [-0.05, 0) is 53.6 Å². The number of hydrogen-bond donors (Lipinski definition) is 1. The van der Waals surface area contributed by atoms with Crippen molar-refractivity contribution in [3.8, 4) is 0 Å². The maximum absolute atomic E-state index is 13.4. The van der Waals surface area contributed by atoms with E-state index in [2.05, 4.69) is 43.4 Å². The van der Waals surface area contributed by atoms with Crippen molar-refractivity contribution in [3.63, 3.8) is 0 Å². The summed E-state index contributed by atoms with van der Waals surface area (Å²) >= 11 is 0. The number of amides is 2. The van der Waals surface area contributed by atoms with E-state index in [1.807, 2.05) is 56.3 Å². The second kappa shape index (κ2) is 10.9. The first-order valence-electron chi connectivity index (χ1n) is 11.4. The molecular weight excluding hydrogens is 396 g/mol. The lowest BCUT2D eigenvalue weighted by Crippen LogP contribution is -2.48. The van der Waals surface area contributed by atoms with Gasteiger partial charge in [-0.1, -0.05) is 80.6 Å². The van der Waals surface area contributed by atoms with Gasteiger partial charge in [-0.3, -0.25) is 9.59 Å². The van der Waals surface area contributed by atoms with Gasteiger partial charge in [-0.2, -0.15) is 0 Å². The Labute approximate surface area is 191 Å². The van der Waals surface area contributed by atoms with Gasteiger partial charge in [0, 0.05) is 19.5 Å². The third kappa shape index (κ3) is 5.97. The minimum Gasteiger partial charge on any atom is -0.354 e. The average molecular weight is 431 g/mol. The number of carbonyl (C=O) groups excluding carboxylic acids is 2. The van der Waals surface area contributed by atoms with E-state index >= 15 is 0 Å². The molecule has 32 heavy (non-hydrogen) atoms. The summed E-state index contributed by atoms with van der Waals surface area (Å²) in [6.07, 6.45) is 1.01. The molecule has 0 unspecified atom stereocenters. The predicted molar refractivity (Wildman–Crippen MR) is 131 cm³/mol. The summed E-state index contributed by atoms with van der Waals surface area (Å²) in [6.45, 7) is 9.01. The van der Waals surface area contributed by atoms with Crippen molar-refractivity contribution in [2.75, 3.05) is 6.54 Å².